The van der Waals surface area contributed by atoms with Crippen LogP contribution in [0.15, 0.2) is 81.9 Å². The van der Waals surface area contributed by atoms with Crippen LogP contribution in [0.4, 0.5) is 4.79 Å². The Labute approximate surface area is 262 Å². The first kappa shape index (κ1) is 30.1. The van der Waals surface area contributed by atoms with Crippen molar-refractivity contribution in [3.05, 3.63) is 109 Å². The Kier molecular flexibility index (Phi) is 8.36. The standard InChI is InChI=1S/C32H32ClN3O7S/c1-19-25-14-9-22(4-3-15-32(2)27(43-32)26(25)42-28(19)37)18-41-29(38)34-16-20-5-7-21(8-6-20)17-35-30(39)36(44-31(35)40)24-12-10-23(33)11-13-24/h4-8,10-13,25-27H,1,3,9,14-18H2,2H3,(H,34,38)/b22-4+/t25-,26-,27-,32+/m0/s1. The zero-order valence-corrected chi connectivity index (χ0v) is 25.7. The summed E-state index contributed by atoms with van der Waals surface area (Å²) in [7, 11) is 0. The molecule has 2 saturated heterocycles. The van der Waals surface area contributed by atoms with Gasteiger partial charge in [-0.15, -0.1) is 0 Å². The van der Waals surface area contributed by atoms with Crippen LogP contribution in [-0.4, -0.2) is 45.0 Å². The van der Waals surface area contributed by atoms with E-state index >= 15 is 0 Å². The van der Waals surface area contributed by atoms with Gasteiger partial charge in [0.2, 0.25) is 0 Å². The highest BCUT2D eigenvalue weighted by atomic mass is 35.5. The third-order valence-electron chi connectivity index (χ3n) is 8.48. The van der Waals surface area contributed by atoms with Gasteiger partial charge in [-0.25, -0.2) is 22.9 Å². The summed E-state index contributed by atoms with van der Waals surface area (Å²) < 4.78 is 19.6. The SMILES string of the molecule is C=C1C(=O)O[C@H]2[C@H]1CC/C(COC(=O)NCc1ccc(Cn3c(=O)sn(-c4ccc(Cl)cc4)c3=O)cc1)=C\CC[C@@]1(C)O[C@@H]21. The van der Waals surface area contributed by atoms with Crippen molar-refractivity contribution in [1.29, 1.82) is 0 Å². The van der Waals surface area contributed by atoms with Crippen LogP contribution >= 0.6 is 23.1 Å². The summed E-state index contributed by atoms with van der Waals surface area (Å²) in [4.78, 5) is 49.7. The number of benzene rings is 2. The van der Waals surface area contributed by atoms with Crippen LogP contribution in [0.25, 0.3) is 5.69 Å². The first-order valence-electron chi connectivity index (χ1n) is 14.4. The fraction of sp³-hybridized carbons (Fsp3) is 0.375. The van der Waals surface area contributed by atoms with E-state index < -0.39 is 11.8 Å². The summed E-state index contributed by atoms with van der Waals surface area (Å²) >= 11 is 6.77. The van der Waals surface area contributed by atoms with Crippen LogP contribution in [-0.2, 0) is 32.1 Å². The number of amides is 1. The van der Waals surface area contributed by atoms with Crippen molar-refractivity contribution in [2.75, 3.05) is 6.61 Å². The number of rotatable bonds is 7. The molecule has 0 radical (unpaired) electrons. The van der Waals surface area contributed by atoms with E-state index in [1.54, 1.807) is 24.3 Å². The quantitative estimate of drug-likeness (QED) is 0.172. The zero-order chi connectivity index (χ0) is 31.0. The van der Waals surface area contributed by atoms with Crippen LogP contribution < -0.4 is 15.9 Å². The molecule has 44 heavy (non-hydrogen) atoms. The Morgan fingerprint density at radius 1 is 1.14 bits per heavy atom. The smallest absolute Gasteiger partial charge is 0.407 e. The number of aromatic nitrogens is 2. The highest BCUT2D eigenvalue weighted by Gasteiger charge is 2.61. The number of allylic oxidation sites excluding steroid dienone is 1. The number of fused-ring (bicyclic) bond motifs is 3. The minimum absolute atomic E-state index is 0.101. The van der Waals surface area contributed by atoms with Crippen molar-refractivity contribution in [2.24, 2.45) is 5.92 Å². The molecule has 1 aliphatic carbocycles. The molecule has 0 bridgehead atoms. The fourth-order valence-corrected chi connectivity index (χ4v) is 6.73. The molecule has 6 rings (SSSR count). The third-order valence-corrected chi connectivity index (χ3v) is 9.66. The third kappa shape index (κ3) is 6.31. The number of esters is 1. The zero-order valence-electron chi connectivity index (χ0n) is 24.1. The maximum atomic E-state index is 12.9. The van der Waals surface area contributed by atoms with E-state index in [1.807, 2.05) is 31.2 Å². The van der Waals surface area contributed by atoms with E-state index in [0.717, 1.165) is 41.1 Å². The number of halogens is 1. The summed E-state index contributed by atoms with van der Waals surface area (Å²) in [5, 5.41) is 3.31. The molecule has 3 heterocycles. The van der Waals surface area contributed by atoms with Gasteiger partial charge in [0.05, 0.1) is 17.8 Å². The van der Waals surface area contributed by atoms with E-state index in [4.69, 9.17) is 25.8 Å². The lowest BCUT2D eigenvalue weighted by Crippen LogP contribution is -2.29. The van der Waals surface area contributed by atoms with Gasteiger partial charge in [0, 0.05) is 34.6 Å². The van der Waals surface area contributed by atoms with Gasteiger partial charge >= 0.3 is 22.6 Å². The molecule has 12 heteroatoms. The van der Waals surface area contributed by atoms with Crippen LogP contribution in [0.2, 0.25) is 5.02 Å². The molecule has 1 aromatic heterocycles. The average molecular weight is 638 g/mol. The second-order valence-corrected chi connectivity index (χ2v) is 12.9. The predicted molar refractivity (Wildman–Crippen MR) is 165 cm³/mol. The molecule has 3 aromatic rings. The van der Waals surface area contributed by atoms with E-state index in [9.17, 15) is 19.2 Å². The normalized spacial score (nSPS) is 25.7. The molecule has 0 saturated carbocycles. The topological polar surface area (TPSA) is 121 Å². The molecular weight excluding hydrogens is 606 g/mol. The fourth-order valence-electron chi connectivity index (χ4n) is 5.81. The minimum Gasteiger partial charge on any atom is -0.455 e. The maximum Gasteiger partial charge on any atom is 0.407 e. The molecule has 3 aliphatic rings. The number of alkyl carbamates (subject to hydrolysis) is 1. The first-order chi connectivity index (χ1) is 21.1. The maximum absolute atomic E-state index is 12.9. The van der Waals surface area contributed by atoms with E-state index in [1.165, 1.54) is 8.52 Å². The van der Waals surface area contributed by atoms with E-state index in [0.29, 0.717) is 29.1 Å². The first-order valence-corrected chi connectivity index (χ1v) is 15.6. The van der Waals surface area contributed by atoms with Crippen LogP contribution in [0, 0.1) is 5.92 Å². The van der Waals surface area contributed by atoms with Gasteiger partial charge in [-0.05, 0) is 73.6 Å². The van der Waals surface area contributed by atoms with Gasteiger partial charge in [0.1, 0.15) is 18.8 Å². The lowest BCUT2D eigenvalue weighted by Gasteiger charge is -2.20. The van der Waals surface area contributed by atoms with Gasteiger partial charge in [0.15, 0.2) is 0 Å². The Bertz CT molecular complexity index is 1740. The monoisotopic (exact) mass is 637 g/mol. The second-order valence-electron chi connectivity index (χ2n) is 11.5. The Morgan fingerprint density at radius 2 is 1.86 bits per heavy atom. The van der Waals surface area contributed by atoms with Crippen molar-refractivity contribution in [3.63, 3.8) is 0 Å². The summed E-state index contributed by atoms with van der Waals surface area (Å²) in [5.41, 5.74) is 2.90. The lowest BCUT2D eigenvalue weighted by molar-refractivity contribution is -0.140. The molecule has 2 aliphatic heterocycles. The van der Waals surface area contributed by atoms with Crippen molar-refractivity contribution in [3.8, 4) is 5.69 Å². The Morgan fingerprint density at radius 3 is 2.61 bits per heavy atom. The summed E-state index contributed by atoms with van der Waals surface area (Å²) in [6, 6.07) is 14.0. The molecule has 1 N–H and O–H groups in total. The summed E-state index contributed by atoms with van der Waals surface area (Å²) in [6.07, 6.45) is 4.03. The Hall–Kier alpha value is -3.93. The minimum atomic E-state index is -0.543. The van der Waals surface area contributed by atoms with Crippen LogP contribution in [0.1, 0.15) is 43.7 Å². The van der Waals surface area contributed by atoms with E-state index in [2.05, 4.69) is 18.0 Å². The van der Waals surface area contributed by atoms with Gasteiger partial charge in [-0.2, -0.15) is 0 Å². The highest BCUT2D eigenvalue weighted by molar-refractivity contribution is 7.03. The largest absolute Gasteiger partial charge is 0.455 e. The van der Waals surface area contributed by atoms with Crippen LogP contribution in [0.3, 0.4) is 0 Å². The molecule has 2 aromatic carbocycles. The van der Waals surface area contributed by atoms with Gasteiger partial charge in [-0.1, -0.05) is 48.5 Å². The lowest BCUT2D eigenvalue weighted by atomic mass is 9.84. The number of epoxide rings is 1. The van der Waals surface area contributed by atoms with Crippen molar-refractivity contribution in [1.82, 2.24) is 13.8 Å². The number of ether oxygens (including phenoxy) is 3. The highest BCUT2D eigenvalue weighted by Crippen LogP contribution is 2.49. The van der Waals surface area contributed by atoms with Crippen molar-refractivity contribution >= 4 is 35.2 Å². The number of nitrogens with one attached hydrogen (secondary N) is 1. The van der Waals surface area contributed by atoms with Gasteiger partial charge in [-0.3, -0.25) is 4.79 Å². The van der Waals surface area contributed by atoms with Crippen molar-refractivity contribution in [2.45, 2.75) is 63.5 Å². The number of hydrogen-bond donors (Lipinski definition) is 1. The molecule has 2 fully saturated rings. The molecular formula is C32H32ClN3O7S. The average Bonchev–Trinajstić information content (AvgIpc) is 3.50. The number of carbonyl (C=O) groups is 2. The molecule has 4 atom stereocenters. The molecule has 230 valence electrons. The molecule has 0 unspecified atom stereocenters. The number of hydrogen-bond acceptors (Lipinski definition) is 8. The predicted octanol–water partition coefficient (Wildman–Crippen LogP) is 4.74. The summed E-state index contributed by atoms with van der Waals surface area (Å²) in [5.74, 6) is -0.473. The van der Waals surface area contributed by atoms with Gasteiger partial charge < -0.3 is 19.5 Å². The second kappa shape index (κ2) is 12.2. The molecule has 10 nitrogen and oxygen atoms in total. The van der Waals surface area contributed by atoms with E-state index in [-0.39, 0.29) is 54.3 Å². The number of nitrogens with zero attached hydrogens (tertiary/aromatic N) is 2. The van der Waals surface area contributed by atoms with Crippen LogP contribution in [0.5, 0.6) is 0 Å². The number of carbonyl (C=O) groups excluding carboxylic acids is 2. The summed E-state index contributed by atoms with van der Waals surface area (Å²) in [6.45, 7) is 6.50. The van der Waals surface area contributed by atoms with Crippen molar-refractivity contribution < 1.29 is 23.8 Å². The van der Waals surface area contributed by atoms with Gasteiger partial charge in [0.25, 0.3) is 0 Å². The molecule has 1 amide bonds. The Balaban J connectivity index is 1.01. The molecule has 0 spiro atoms.